The number of rotatable bonds is 7. The Labute approximate surface area is 183 Å². The van der Waals surface area contributed by atoms with Crippen LogP contribution in [0.1, 0.15) is 25.3 Å². The molecule has 3 rings (SSSR count). The topological polar surface area (TPSA) is 73.6 Å². The second-order valence-electron chi connectivity index (χ2n) is 7.42. The number of anilines is 1. The molecule has 6 nitrogen and oxygen atoms in total. The molecule has 0 saturated carbocycles. The van der Waals surface area contributed by atoms with E-state index < -0.39 is 0 Å². The monoisotopic (exact) mass is 417 g/mol. The number of para-hydroxylation sites is 1. The van der Waals surface area contributed by atoms with Crippen LogP contribution in [0.4, 0.5) is 5.69 Å². The zero-order chi connectivity index (χ0) is 22.1. The maximum absolute atomic E-state index is 13.0. The Morgan fingerprint density at radius 1 is 1.10 bits per heavy atom. The molecule has 0 unspecified atom stereocenters. The second-order valence-corrected chi connectivity index (χ2v) is 7.42. The minimum atomic E-state index is -0.307. The van der Waals surface area contributed by atoms with E-state index in [1.807, 2.05) is 65.6 Å². The van der Waals surface area contributed by atoms with Gasteiger partial charge in [0.2, 0.25) is 0 Å². The normalized spacial score (nSPS) is 14.6. The van der Waals surface area contributed by atoms with Gasteiger partial charge in [-0.15, -0.1) is 0 Å². The van der Waals surface area contributed by atoms with Gasteiger partial charge >= 0.3 is 5.97 Å². The average Bonchev–Trinajstić information content (AvgIpc) is 2.83. The van der Waals surface area contributed by atoms with Crippen molar-refractivity contribution in [2.24, 2.45) is 5.92 Å². The van der Waals surface area contributed by atoms with E-state index in [1.165, 1.54) is 0 Å². The molecule has 0 aromatic heterocycles. The number of hydrogen-bond acceptors (Lipinski definition) is 5. The summed E-state index contributed by atoms with van der Waals surface area (Å²) in [5, 5.41) is 9.73. The van der Waals surface area contributed by atoms with Gasteiger partial charge in [-0.3, -0.25) is 9.59 Å². The third-order valence-corrected chi connectivity index (χ3v) is 5.32. The lowest BCUT2D eigenvalue weighted by atomic mass is 9.96. The Morgan fingerprint density at radius 3 is 2.29 bits per heavy atom. The number of carbonyl (C=O) groups excluding carboxylic acids is 2. The number of hydrogen-bond donors (Lipinski definition) is 0. The highest BCUT2D eigenvalue weighted by molar-refractivity contribution is 5.97. The Morgan fingerprint density at radius 2 is 1.71 bits per heavy atom. The molecule has 0 aliphatic carbocycles. The first-order valence-electron chi connectivity index (χ1n) is 10.6. The molecular weight excluding hydrogens is 390 g/mol. The molecular formula is C25H27N3O3. The highest BCUT2D eigenvalue weighted by atomic mass is 16.5. The van der Waals surface area contributed by atoms with Crippen molar-refractivity contribution in [3.8, 4) is 6.07 Å². The Bertz CT molecular complexity index is 943. The predicted molar refractivity (Wildman–Crippen MR) is 119 cm³/mol. The van der Waals surface area contributed by atoms with Crippen LogP contribution in [0.3, 0.4) is 0 Å². The van der Waals surface area contributed by atoms with Crippen molar-refractivity contribution in [3.63, 3.8) is 0 Å². The van der Waals surface area contributed by atoms with Crippen molar-refractivity contribution < 1.29 is 14.3 Å². The molecule has 1 saturated heterocycles. The zero-order valence-electron chi connectivity index (χ0n) is 17.7. The summed E-state index contributed by atoms with van der Waals surface area (Å²) in [5.41, 5.74) is 2.05. The van der Waals surface area contributed by atoms with E-state index in [4.69, 9.17) is 4.74 Å². The number of piperidine rings is 1. The van der Waals surface area contributed by atoms with Crippen LogP contribution >= 0.6 is 0 Å². The van der Waals surface area contributed by atoms with Crippen molar-refractivity contribution in [1.29, 1.82) is 5.26 Å². The number of benzene rings is 2. The second kappa shape index (κ2) is 11.0. The highest BCUT2D eigenvalue weighted by Gasteiger charge is 2.29. The number of nitriles is 1. The van der Waals surface area contributed by atoms with Gasteiger partial charge in [0.1, 0.15) is 11.6 Å². The summed E-state index contributed by atoms with van der Waals surface area (Å²) in [6, 6.07) is 21.7. The molecule has 160 valence electrons. The van der Waals surface area contributed by atoms with Crippen molar-refractivity contribution in [2.75, 3.05) is 24.6 Å². The minimum Gasteiger partial charge on any atom is -0.466 e. The Kier molecular flexibility index (Phi) is 7.83. The van der Waals surface area contributed by atoms with Gasteiger partial charge in [-0.25, -0.2) is 0 Å². The van der Waals surface area contributed by atoms with Crippen LogP contribution in [0.5, 0.6) is 0 Å². The van der Waals surface area contributed by atoms with Crippen LogP contribution in [0.25, 0.3) is 0 Å². The molecule has 31 heavy (non-hydrogen) atoms. The number of carbonyl (C=O) groups is 2. The lowest BCUT2D eigenvalue weighted by Gasteiger charge is -2.31. The summed E-state index contributed by atoms with van der Waals surface area (Å²) in [6.07, 6.45) is 2.73. The Balaban J connectivity index is 1.76. The minimum absolute atomic E-state index is 0.0781. The number of nitrogens with zero attached hydrogens (tertiary/aromatic N) is 3. The first-order chi connectivity index (χ1) is 15.1. The lowest BCUT2D eigenvalue weighted by Crippen LogP contribution is -2.41. The number of ether oxygens (including phenoxy) is 1. The van der Waals surface area contributed by atoms with Crippen LogP contribution < -0.4 is 4.90 Å². The largest absolute Gasteiger partial charge is 0.466 e. The summed E-state index contributed by atoms with van der Waals surface area (Å²) in [4.78, 5) is 28.6. The predicted octanol–water partition coefficient (Wildman–Crippen LogP) is 3.90. The molecule has 6 heteroatoms. The van der Waals surface area contributed by atoms with Crippen LogP contribution in [0, 0.1) is 17.2 Å². The van der Waals surface area contributed by atoms with Gasteiger partial charge < -0.3 is 14.5 Å². The Hall–Kier alpha value is -3.59. The number of amides is 1. The van der Waals surface area contributed by atoms with E-state index in [-0.39, 0.29) is 23.4 Å². The molecule has 2 aromatic rings. The van der Waals surface area contributed by atoms with Crippen LogP contribution in [0.15, 0.2) is 72.4 Å². The van der Waals surface area contributed by atoms with Gasteiger partial charge in [-0.05, 0) is 37.5 Å². The van der Waals surface area contributed by atoms with Gasteiger partial charge in [0.05, 0.1) is 12.5 Å². The molecule has 2 aromatic carbocycles. The first-order valence-corrected chi connectivity index (χ1v) is 10.6. The maximum Gasteiger partial charge on any atom is 0.309 e. The van der Waals surface area contributed by atoms with Gasteiger partial charge in [-0.2, -0.15) is 5.26 Å². The van der Waals surface area contributed by atoms with Crippen molar-refractivity contribution in [1.82, 2.24) is 4.90 Å². The molecule has 1 fully saturated rings. The number of likely N-dealkylation sites (tertiary alicyclic amines) is 1. The molecule has 1 heterocycles. The average molecular weight is 418 g/mol. The van der Waals surface area contributed by atoms with Gasteiger partial charge in [0, 0.05) is 31.5 Å². The molecule has 1 amide bonds. The van der Waals surface area contributed by atoms with Crippen molar-refractivity contribution in [2.45, 2.75) is 26.3 Å². The van der Waals surface area contributed by atoms with E-state index in [0.717, 1.165) is 11.3 Å². The summed E-state index contributed by atoms with van der Waals surface area (Å²) in [7, 11) is 0. The smallest absolute Gasteiger partial charge is 0.309 e. The van der Waals surface area contributed by atoms with Crippen molar-refractivity contribution >= 4 is 17.6 Å². The number of esters is 1. The van der Waals surface area contributed by atoms with Gasteiger partial charge in [0.15, 0.2) is 0 Å². The molecule has 0 bridgehead atoms. The van der Waals surface area contributed by atoms with Crippen LogP contribution in [0.2, 0.25) is 0 Å². The molecule has 1 aliphatic rings. The fourth-order valence-electron chi connectivity index (χ4n) is 3.65. The highest BCUT2D eigenvalue weighted by Crippen LogP contribution is 2.22. The molecule has 0 spiro atoms. The maximum atomic E-state index is 13.0. The van der Waals surface area contributed by atoms with Crippen molar-refractivity contribution in [3.05, 3.63) is 78.0 Å². The van der Waals surface area contributed by atoms with E-state index >= 15 is 0 Å². The summed E-state index contributed by atoms with van der Waals surface area (Å²) >= 11 is 0. The molecule has 1 aliphatic heterocycles. The quantitative estimate of drug-likeness (QED) is 0.388. The molecule has 0 atom stereocenters. The lowest BCUT2D eigenvalue weighted by molar-refractivity contribution is -0.150. The van der Waals surface area contributed by atoms with E-state index in [0.29, 0.717) is 39.1 Å². The van der Waals surface area contributed by atoms with Gasteiger partial charge in [0.25, 0.3) is 5.91 Å². The first kappa shape index (κ1) is 22.1. The van der Waals surface area contributed by atoms with Crippen LogP contribution in [-0.4, -0.2) is 36.5 Å². The fourth-order valence-corrected chi connectivity index (χ4v) is 3.65. The van der Waals surface area contributed by atoms with Crippen LogP contribution in [-0.2, 0) is 20.9 Å². The van der Waals surface area contributed by atoms with E-state index in [2.05, 4.69) is 6.07 Å². The third kappa shape index (κ3) is 5.95. The fraction of sp³-hybridized carbons (Fsp3) is 0.320. The standard InChI is InChI=1S/C25H27N3O3/c1-2-31-25(30)21-13-15-27(16-14-21)24(29)22(17-26)19-28(23-11-7-4-8-12-23)18-20-9-5-3-6-10-20/h3-12,19,21H,2,13-16,18H2,1H3/b22-19-. The van der Waals surface area contributed by atoms with E-state index in [9.17, 15) is 14.9 Å². The SMILES string of the molecule is CCOC(=O)C1CCN(C(=O)/C(C#N)=C\N(Cc2ccccc2)c2ccccc2)CC1. The molecule has 0 radical (unpaired) electrons. The zero-order valence-corrected chi connectivity index (χ0v) is 17.7. The summed E-state index contributed by atoms with van der Waals surface area (Å²) in [6.45, 7) is 3.55. The molecule has 0 N–H and O–H groups in total. The van der Waals surface area contributed by atoms with E-state index in [1.54, 1.807) is 18.0 Å². The third-order valence-electron chi connectivity index (χ3n) is 5.32. The summed E-state index contributed by atoms with van der Waals surface area (Å²) < 4.78 is 5.09. The summed E-state index contributed by atoms with van der Waals surface area (Å²) in [5.74, 6) is -0.694. The van der Waals surface area contributed by atoms with Gasteiger partial charge in [-0.1, -0.05) is 48.5 Å².